The molecule has 3 N–H and O–H groups in total. The van der Waals surface area contributed by atoms with Gasteiger partial charge < -0.3 is 20.1 Å². The zero-order valence-electron chi connectivity index (χ0n) is 13.9. The largest absolute Gasteiger partial charge is 0.451 e. The number of carbonyl (C=O) groups is 4. The van der Waals surface area contributed by atoms with E-state index in [4.69, 9.17) is 4.74 Å². The third-order valence-electron chi connectivity index (χ3n) is 2.88. The first kappa shape index (κ1) is 20.8. The molecular weight excluding hydrogens is 356 g/mol. The average Bonchev–Trinajstić information content (AvgIpc) is 2.59. The van der Waals surface area contributed by atoms with Crippen molar-refractivity contribution in [1.29, 1.82) is 0 Å². The van der Waals surface area contributed by atoms with E-state index >= 15 is 0 Å². The highest BCUT2D eigenvalue weighted by atomic mass is 19.3. The molecule has 1 aromatic rings. The fourth-order valence-electron chi connectivity index (χ4n) is 1.67. The molecule has 11 heteroatoms. The van der Waals surface area contributed by atoms with Gasteiger partial charge in [0.1, 0.15) is 12.3 Å². The number of imide groups is 1. The predicted octanol–water partition coefficient (Wildman–Crippen LogP) is 0.405. The third-order valence-corrected chi connectivity index (χ3v) is 2.88. The lowest BCUT2D eigenvalue weighted by Crippen LogP contribution is -2.44. The van der Waals surface area contributed by atoms with Crippen LogP contribution >= 0.6 is 0 Å². The van der Waals surface area contributed by atoms with Crippen LogP contribution < -0.4 is 20.7 Å². The van der Waals surface area contributed by atoms with Gasteiger partial charge in [-0.2, -0.15) is 8.78 Å². The summed E-state index contributed by atoms with van der Waals surface area (Å²) in [5.74, 6) is -3.03. The highest BCUT2D eigenvalue weighted by Crippen LogP contribution is 2.19. The van der Waals surface area contributed by atoms with Crippen molar-refractivity contribution < 1.29 is 37.4 Å². The van der Waals surface area contributed by atoms with E-state index in [1.807, 2.05) is 5.32 Å². The van der Waals surface area contributed by atoms with Gasteiger partial charge in [-0.1, -0.05) is 12.1 Å². The van der Waals surface area contributed by atoms with Crippen LogP contribution in [0, 0.1) is 0 Å². The van der Waals surface area contributed by atoms with Gasteiger partial charge in [-0.3, -0.25) is 19.7 Å². The molecule has 1 atom stereocenters. The van der Waals surface area contributed by atoms with Crippen molar-refractivity contribution in [3.05, 3.63) is 29.8 Å². The van der Waals surface area contributed by atoms with Crippen LogP contribution in [0.4, 0.5) is 13.6 Å². The Morgan fingerprint density at radius 3 is 2.42 bits per heavy atom. The smallest absolute Gasteiger partial charge is 0.387 e. The van der Waals surface area contributed by atoms with E-state index in [0.717, 1.165) is 0 Å². The Morgan fingerprint density at radius 1 is 1.15 bits per heavy atom. The summed E-state index contributed by atoms with van der Waals surface area (Å²) < 4.78 is 33.6. The van der Waals surface area contributed by atoms with Crippen molar-refractivity contribution in [1.82, 2.24) is 16.0 Å². The normalized spacial score (nSPS) is 11.3. The Labute approximate surface area is 147 Å². The molecule has 0 aliphatic rings. The van der Waals surface area contributed by atoms with Gasteiger partial charge in [0.25, 0.3) is 11.8 Å². The monoisotopic (exact) mass is 373 g/mol. The molecule has 0 saturated heterocycles. The molecule has 9 nitrogen and oxygen atoms in total. The molecule has 1 rings (SSSR count). The van der Waals surface area contributed by atoms with Crippen LogP contribution in [-0.2, 0) is 14.3 Å². The first-order valence-corrected chi connectivity index (χ1v) is 7.28. The quantitative estimate of drug-likeness (QED) is 0.595. The number of halogens is 2. The maximum Gasteiger partial charge on any atom is 0.387 e. The van der Waals surface area contributed by atoms with Gasteiger partial charge in [0.2, 0.25) is 0 Å². The number of amides is 4. The molecule has 0 fully saturated rings. The minimum atomic E-state index is -3.12. The molecule has 0 spiro atoms. The summed E-state index contributed by atoms with van der Waals surface area (Å²) in [5, 5.41) is 6.22. The fraction of sp³-hybridized carbons (Fsp3) is 0.333. The number of rotatable bonds is 7. The molecule has 0 bridgehead atoms. The average molecular weight is 373 g/mol. The third kappa shape index (κ3) is 6.71. The lowest BCUT2D eigenvalue weighted by Gasteiger charge is -2.13. The van der Waals surface area contributed by atoms with E-state index in [1.54, 1.807) is 0 Å². The van der Waals surface area contributed by atoms with Crippen LogP contribution in [0.15, 0.2) is 24.3 Å². The Morgan fingerprint density at radius 2 is 1.81 bits per heavy atom. The highest BCUT2D eigenvalue weighted by Gasteiger charge is 2.21. The maximum atomic E-state index is 12.3. The topological polar surface area (TPSA) is 123 Å². The summed E-state index contributed by atoms with van der Waals surface area (Å²) in [4.78, 5) is 46.1. The number of para-hydroxylation sites is 1. The summed E-state index contributed by atoms with van der Waals surface area (Å²) >= 11 is 0. The van der Waals surface area contributed by atoms with Gasteiger partial charge in [0.05, 0.1) is 5.56 Å². The van der Waals surface area contributed by atoms with Crippen LogP contribution in [0.2, 0.25) is 0 Å². The van der Waals surface area contributed by atoms with Crippen LogP contribution in [0.25, 0.3) is 0 Å². The number of hydrogen-bond donors (Lipinski definition) is 3. The molecule has 0 aromatic heterocycles. The molecule has 1 aromatic carbocycles. The van der Waals surface area contributed by atoms with E-state index in [9.17, 15) is 28.0 Å². The Balaban J connectivity index is 2.56. The molecule has 0 unspecified atom stereocenters. The summed E-state index contributed by atoms with van der Waals surface area (Å²) in [6, 6.07) is 4.45. The molecular formula is C15H17F2N3O6. The molecule has 142 valence electrons. The molecule has 0 saturated carbocycles. The minimum Gasteiger partial charge on any atom is -0.451 e. The van der Waals surface area contributed by atoms with Crippen LogP contribution in [-0.4, -0.2) is 50.1 Å². The molecule has 4 amide bonds. The standard InChI is InChI=1S/C15H17F2N3O6/c1-8(12(22)20-15(24)18-2)25-11(21)7-19-13(23)9-5-3-4-6-10(9)26-14(16)17/h3-6,8,14H,7H2,1-2H3,(H,19,23)(H2,18,20,22,24)/t8-/m1/s1. The summed E-state index contributed by atoms with van der Waals surface area (Å²) in [6.45, 7) is -2.52. The van der Waals surface area contributed by atoms with E-state index in [0.29, 0.717) is 0 Å². The fourth-order valence-corrected chi connectivity index (χ4v) is 1.67. The molecule has 0 aliphatic carbocycles. The van der Waals surface area contributed by atoms with Gasteiger partial charge in [-0.15, -0.1) is 0 Å². The van der Waals surface area contributed by atoms with Crippen molar-refractivity contribution >= 4 is 23.8 Å². The van der Waals surface area contributed by atoms with Crippen LogP contribution in [0.5, 0.6) is 5.75 Å². The van der Waals surface area contributed by atoms with E-state index in [-0.39, 0.29) is 11.3 Å². The number of ether oxygens (including phenoxy) is 2. The number of urea groups is 1. The number of benzene rings is 1. The summed E-state index contributed by atoms with van der Waals surface area (Å²) in [5.41, 5.74) is -0.203. The molecule has 0 radical (unpaired) electrons. The van der Waals surface area contributed by atoms with E-state index < -0.39 is 43.1 Å². The lowest BCUT2D eigenvalue weighted by atomic mass is 10.2. The van der Waals surface area contributed by atoms with Gasteiger partial charge in [-0.05, 0) is 19.1 Å². The van der Waals surface area contributed by atoms with Crippen LogP contribution in [0.3, 0.4) is 0 Å². The van der Waals surface area contributed by atoms with Crippen molar-refractivity contribution in [2.45, 2.75) is 19.6 Å². The first-order chi connectivity index (χ1) is 12.2. The number of carbonyl (C=O) groups excluding carboxylic acids is 4. The number of nitrogens with one attached hydrogen (secondary N) is 3. The molecule has 0 heterocycles. The van der Waals surface area contributed by atoms with Crippen molar-refractivity contribution in [3.63, 3.8) is 0 Å². The second-order valence-corrected chi connectivity index (χ2v) is 4.76. The minimum absolute atomic E-state index is 0.203. The second-order valence-electron chi connectivity index (χ2n) is 4.76. The lowest BCUT2D eigenvalue weighted by molar-refractivity contribution is -0.153. The van der Waals surface area contributed by atoms with Gasteiger partial charge in [0, 0.05) is 7.05 Å². The SMILES string of the molecule is CNC(=O)NC(=O)[C@@H](C)OC(=O)CNC(=O)c1ccccc1OC(F)F. The maximum absolute atomic E-state index is 12.3. The number of alkyl halides is 2. The summed E-state index contributed by atoms with van der Waals surface area (Å²) in [6.07, 6.45) is -1.29. The molecule has 0 aliphatic heterocycles. The van der Waals surface area contributed by atoms with Gasteiger partial charge >= 0.3 is 18.6 Å². The summed E-state index contributed by atoms with van der Waals surface area (Å²) in [7, 11) is 1.30. The van der Waals surface area contributed by atoms with Crippen molar-refractivity contribution in [2.75, 3.05) is 13.6 Å². The zero-order chi connectivity index (χ0) is 19.7. The van der Waals surface area contributed by atoms with Crippen LogP contribution in [0.1, 0.15) is 17.3 Å². The predicted molar refractivity (Wildman–Crippen MR) is 83.6 cm³/mol. The number of esters is 1. The van der Waals surface area contributed by atoms with E-state index in [1.165, 1.54) is 38.2 Å². The van der Waals surface area contributed by atoms with Crippen molar-refractivity contribution in [2.24, 2.45) is 0 Å². The first-order valence-electron chi connectivity index (χ1n) is 7.28. The second kappa shape index (κ2) is 9.91. The Bertz CT molecular complexity index is 683. The molecule has 26 heavy (non-hydrogen) atoms. The highest BCUT2D eigenvalue weighted by molar-refractivity contribution is 5.99. The Kier molecular flexibility index (Phi) is 7.93. The zero-order valence-corrected chi connectivity index (χ0v) is 13.9. The van der Waals surface area contributed by atoms with Crippen molar-refractivity contribution in [3.8, 4) is 5.75 Å². The number of hydrogen-bond acceptors (Lipinski definition) is 6. The van der Waals surface area contributed by atoms with Gasteiger partial charge in [-0.25, -0.2) is 4.79 Å². The van der Waals surface area contributed by atoms with Gasteiger partial charge in [0.15, 0.2) is 6.10 Å². The van der Waals surface area contributed by atoms with E-state index in [2.05, 4.69) is 15.4 Å². The Hall–Kier alpha value is -3.24.